The third kappa shape index (κ3) is 4.54. The van der Waals surface area contributed by atoms with Gasteiger partial charge in [-0.1, -0.05) is 66.7 Å². The van der Waals surface area contributed by atoms with Crippen molar-refractivity contribution < 1.29 is 9.18 Å². The SMILES string of the molecule is CN1CCCC(c2ccc(N(Cc3ccccc3)Cc3ccccc3)c(F)c2)C1=O. The van der Waals surface area contributed by atoms with E-state index >= 15 is 4.39 Å². The molecule has 1 amide bonds. The molecule has 0 N–H and O–H groups in total. The minimum atomic E-state index is -0.277. The lowest BCUT2D eigenvalue weighted by Gasteiger charge is -2.30. The van der Waals surface area contributed by atoms with E-state index in [1.165, 1.54) is 0 Å². The van der Waals surface area contributed by atoms with Gasteiger partial charge < -0.3 is 9.80 Å². The minimum Gasteiger partial charge on any atom is -0.361 e. The second kappa shape index (κ2) is 9.12. The zero-order valence-electron chi connectivity index (χ0n) is 17.3. The largest absolute Gasteiger partial charge is 0.361 e. The van der Waals surface area contributed by atoms with Crippen molar-refractivity contribution in [3.8, 4) is 0 Å². The van der Waals surface area contributed by atoms with Gasteiger partial charge in [0.05, 0.1) is 11.6 Å². The van der Waals surface area contributed by atoms with Crippen molar-refractivity contribution >= 4 is 11.6 Å². The van der Waals surface area contributed by atoms with Crippen LogP contribution in [-0.2, 0) is 17.9 Å². The Morgan fingerprint density at radius 3 is 2.10 bits per heavy atom. The number of amides is 1. The number of hydrogen-bond acceptors (Lipinski definition) is 2. The number of piperidine rings is 1. The fourth-order valence-corrected chi connectivity index (χ4v) is 4.17. The summed E-state index contributed by atoms with van der Waals surface area (Å²) in [5.41, 5.74) is 3.58. The van der Waals surface area contributed by atoms with Crippen LogP contribution in [0, 0.1) is 5.82 Å². The van der Waals surface area contributed by atoms with Crippen molar-refractivity contribution in [3.05, 3.63) is 101 Å². The summed E-state index contributed by atoms with van der Waals surface area (Å²) in [7, 11) is 1.82. The number of benzene rings is 3. The summed E-state index contributed by atoms with van der Waals surface area (Å²) in [6.07, 6.45) is 1.73. The van der Waals surface area contributed by atoms with Gasteiger partial charge in [-0.3, -0.25) is 4.79 Å². The molecule has 4 heteroatoms. The van der Waals surface area contributed by atoms with E-state index < -0.39 is 0 Å². The molecular weight excluding hydrogens is 375 g/mol. The molecule has 4 rings (SSSR count). The number of hydrogen-bond donors (Lipinski definition) is 0. The molecule has 0 spiro atoms. The van der Waals surface area contributed by atoms with Crippen molar-refractivity contribution in [2.75, 3.05) is 18.5 Å². The maximum Gasteiger partial charge on any atom is 0.229 e. The minimum absolute atomic E-state index is 0.0822. The van der Waals surface area contributed by atoms with E-state index in [1.54, 1.807) is 11.0 Å². The summed E-state index contributed by atoms with van der Waals surface area (Å²) in [4.78, 5) is 16.3. The van der Waals surface area contributed by atoms with Gasteiger partial charge in [-0.15, -0.1) is 0 Å². The fourth-order valence-electron chi connectivity index (χ4n) is 4.17. The lowest BCUT2D eigenvalue weighted by atomic mass is 9.89. The highest BCUT2D eigenvalue weighted by atomic mass is 19.1. The Morgan fingerprint density at radius 2 is 1.53 bits per heavy atom. The van der Waals surface area contributed by atoms with Gasteiger partial charge in [0.2, 0.25) is 5.91 Å². The molecule has 1 aliphatic heterocycles. The summed E-state index contributed by atoms with van der Waals surface area (Å²) in [5, 5.41) is 0. The van der Waals surface area contributed by atoms with Crippen molar-refractivity contribution in [1.82, 2.24) is 4.90 Å². The van der Waals surface area contributed by atoms with Gasteiger partial charge in [0, 0.05) is 26.7 Å². The van der Waals surface area contributed by atoms with Crippen LogP contribution in [-0.4, -0.2) is 24.4 Å². The normalized spacial score (nSPS) is 16.5. The smallest absolute Gasteiger partial charge is 0.229 e. The summed E-state index contributed by atoms with van der Waals surface area (Å²) in [5.74, 6) is -0.441. The van der Waals surface area contributed by atoms with E-state index in [2.05, 4.69) is 29.2 Å². The van der Waals surface area contributed by atoms with Crippen molar-refractivity contribution in [2.45, 2.75) is 31.8 Å². The fraction of sp³-hybridized carbons (Fsp3) is 0.269. The first-order valence-corrected chi connectivity index (χ1v) is 10.5. The van der Waals surface area contributed by atoms with Crippen LogP contribution in [0.25, 0.3) is 0 Å². The lowest BCUT2D eigenvalue weighted by Crippen LogP contribution is -2.37. The highest BCUT2D eigenvalue weighted by Gasteiger charge is 2.28. The van der Waals surface area contributed by atoms with Crippen LogP contribution in [0.15, 0.2) is 78.9 Å². The molecule has 3 nitrogen and oxygen atoms in total. The van der Waals surface area contributed by atoms with Gasteiger partial charge in [0.1, 0.15) is 5.82 Å². The quantitative estimate of drug-likeness (QED) is 0.554. The number of carbonyl (C=O) groups is 1. The molecule has 0 radical (unpaired) electrons. The van der Waals surface area contributed by atoms with Crippen LogP contribution >= 0.6 is 0 Å². The van der Waals surface area contributed by atoms with Crippen LogP contribution in [0.1, 0.15) is 35.4 Å². The number of likely N-dealkylation sites (tertiary alicyclic amines) is 1. The van der Waals surface area contributed by atoms with Gasteiger partial charge in [-0.25, -0.2) is 4.39 Å². The average Bonchev–Trinajstić information content (AvgIpc) is 2.77. The van der Waals surface area contributed by atoms with E-state index in [1.807, 2.05) is 55.6 Å². The predicted octanol–water partition coefficient (Wildman–Crippen LogP) is 5.37. The molecule has 3 aromatic rings. The predicted molar refractivity (Wildman–Crippen MR) is 119 cm³/mol. The molecule has 0 aliphatic carbocycles. The summed E-state index contributed by atoms with van der Waals surface area (Å²) < 4.78 is 15.3. The van der Waals surface area contributed by atoms with Crippen LogP contribution in [0.3, 0.4) is 0 Å². The number of halogens is 1. The molecule has 154 valence electrons. The number of likely N-dealkylation sites (N-methyl/N-ethyl adjacent to an activating group) is 1. The maximum absolute atomic E-state index is 15.3. The zero-order valence-corrected chi connectivity index (χ0v) is 17.3. The maximum atomic E-state index is 15.3. The van der Waals surface area contributed by atoms with E-state index in [0.717, 1.165) is 36.1 Å². The topological polar surface area (TPSA) is 23.6 Å². The van der Waals surface area contributed by atoms with E-state index in [9.17, 15) is 4.79 Å². The van der Waals surface area contributed by atoms with E-state index in [4.69, 9.17) is 0 Å². The summed E-state index contributed by atoms with van der Waals surface area (Å²) >= 11 is 0. The number of anilines is 1. The van der Waals surface area contributed by atoms with Gasteiger partial charge in [-0.2, -0.15) is 0 Å². The number of carbonyl (C=O) groups excluding carboxylic acids is 1. The van der Waals surface area contributed by atoms with Gasteiger partial charge in [0.25, 0.3) is 0 Å². The number of rotatable bonds is 6. The lowest BCUT2D eigenvalue weighted by molar-refractivity contribution is -0.133. The van der Waals surface area contributed by atoms with Gasteiger partial charge >= 0.3 is 0 Å². The van der Waals surface area contributed by atoms with E-state index in [0.29, 0.717) is 18.8 Å². The Hall–Kier alpha value is -3.14. The molecule has 1 fully saturated rings. The van der Waals surface area contributed by atoms with Crippen molar-refractivity contribution in [2.24, 2.45) is 0 Å². The molecule has 1 unspecified atom stereocenters. The second-order valence-electron chi connectivity index (χ2n) is 7.99. The Labute approximate surface area is 177 Å². The first kappa shape index (κ1) is 20.1. The average molecular weight is 403 g/mol. The van der Waals surface area contributed by atoms with Crippen LogP contribution in [0.4, 0.5) is 10.1 Å². The summed E-state index contributed by atoms with van der Waals surface area (Å²) in [6.45, 7) is 1.99. The molecule has 0 saturated carbocycles. The zero-order chi connectivity index (χ0) is 20.9. The highest BCUT2D eigenvalue weighted by Crippen LogP contribution is 2.31. The first-order valence-electron chi connectivity index (χ1n) is 10.5. The standard InChI is InChI=1S/C26H27FN2O/c1-28-16-8-13-23(26(28)30)22-14-15-25(24(27)17-22)29(18-20-9-4-2-5-10-20)19-21-11-6-3-7-12-21/h2-7,9-12,14-15,17,23H,8,13,16,18-19H2,1H3. The van der Waals surface area contributed by atoms with Gasteiger partial charge in [-0.05, 0) is 41.7 Å². The first-order chi connectivity index (χ1) is 14.6. The molecular formula is C26H27FN2O. The Kier molecular flexibility index (Phi) is 6.12. The monoisotopic (exact) mass is 402 g/mol. The summed E-state index contributed by atoms with van der Waals surface area (Å²) in [6, 6.07) is 25.5. The van der Waals surface area contributed by atoms with Crippen molar-refractivity contribution in [3.63, 3.8) is 0 Å². The van der Waals surface area contributed by atoms with Gasteiger partial charge in [0.15, 0.2) is 0 Å². The van der Waals surface area contributed by atoms with Crippen molar-refractivity contribution in [1.29, 1.82) is 0 Å². The molecule has 0 aromatic heterocycles. The second-order valence-corrected chi connectivity index (χ2v) is 7.99. The third-order valence-electron chi connectivity index (χ3n) is 5.81. The molecule has 0 bridgehead atoms. The molecule has 1 heterocycles. The third-order valence-corrected chi connectivity index (χ3v) is 5.81. The molecule has 1 atom stereocenters. The Balaban J connectivity index is 1.63. The highest BCUT2D eigenvalue weighted by molar-refractivity contribution is 5.84. The Bertz CT molecular complexity index is 949. The van der Waals surface area contributed by atoms with Crippen LogP contribution < -0.4 is 4.90 Å². The van der Waals surface area contributed by atoms with Crippen LogP contribution in [0.2, 0.25) is 0 Å². The molecule has 30 heavy (non-hydrogen) atoms. The van der Waals surface area contributed by atoms with Crippen LogP contribution in [0.5, 0.6) is 0 Å². The molecule has 1 aliphatic rings. The Morgan fingerprint density at radius 1 is 0.933 bits per heavy atom. The molecule has 1 saturated heterocycles. The van der Waals surface area contributed by atoms with E-state index in [-0.39, 0.29) is 17.6 Å². The number of nitrogens with zero attached hydrogens (tertiary/aromatic N) is 2. The molecule has 3 aromatic carbocycles.